The molecule has 0 spiro atoms. The van der Waals surface area contributed by atoms with E-state index in [-0.39, 0.29) is 4.90 Å². The highest BCUT2D eigenvalue weighted by Gasteiger charge is 2.12. The molecule has 0 atom stereocenters. The maximum atomic E-state index is 11.5. The lowest BCUT2D eigenvalue weighted by atomic mass is 10.0. The van der Waals surface area contributed by atoms with Crippen LogP contribution in [0.1, 0.15) is 0 Å². The SMILES string of the molecule is O=S(=O)([O-])c1c2ccccc2cc2ccccc12. The molecule has 3 rings (SSSR count). The van der Waals surface area contributed by atoms with Crippen molar-refractivity contribution in [3.63, 3.8) is 0 Å². The molecule has 0 saturated heterocycles. The highest BCUT2D eigenvalue weighted by Crippen LogP contribution is 2.31. The minimum absolute atomic E-state index is 0.129. The average molecular weight is 257 g/mol. The molecule has 90 valence electrons. The second kappa shape index (κ2) is 3.80. The monoisotopic (exact) mass is 257 g/mol. The first-order chi connectivity index (χ1) is 8.57. The maximum absolute atomic E-state index is 11.5. The van der Waals surface area contributed by atoms with Crippen LogP contribution in [-0.4, -0.2) is 13.0 Å². The van der Waals surface area contributed by atoms with E-state index in [9.17, 15) is 13.0 Å². The quantitative estimate of drug-likeness (QED) is 0.497. The van der Waals surface area contributed by atoms with Gasteiger partial charge in [0.2, 0.25) is 0 Å². The van der Waals surface area contributed by atoms with Crippen molar-refractivity contribution < 1.29 is 13.0 Å². The van der Waals surface area contributed by atoms with Crippen molar-refractivity contribution in [2.24, 2.45) is 0 Å². The number of hydrogen-bond donors (Lipinski definition) is 0. The third-order valence-electron chi connectivity index (χ3n) is 2.97. The summed E-state index contributed by atoms with van der Waals surface area (Å²) in [7, 11) is -4.51. The standard InChI is InChI=1S/C14H10O3S/c15-18(16,17)14-12-7-3-1-5-10(12)9-11-6-2-4-8-13(11)14/h1-9H,(H,15,16,17)/p-1. The molecule has 18 heavy (non-hydrogen) atoms. The second-order valence-electron chi connectivity index (χ2n) is 4.10. The minimum Gasteiger partial charge on any atom is -0.744 e. The van der Waals surface area contributed by atoms with Gasteiger partial charge >= 0.3 is 0 Å². The van der Waals surface area contributed by atoms with Crippen LogP contribution in [0, 0.1) is 0 Å². The number of fused-ring (bicyclic) bond motifs is 2. The van der Waals surface area contributed by atoms with Crippen LogP contribution in [-0.2, 0) is 10.1 Å². The summed E-state index contributed by atoms with van der Waals surface area (Å²) in [6, 6.07) is 15.9. The average Bonchev–Trinajstić information content (AvgIpc) is 2.34. The van der Waals surface area contributed by atoms with Crippen LogP contribution in [0.15, 0.2) is 59.5 Å². The van der Waals surface area contributed by atoms with Crippen LogP contribution in [0.5, 0.6) is 0 Å². The van der Waals surface area contributed by atoms with Gasteiger partial charge in [0, 0.05) is 0 Å². The maximum Gasteiger partial charge on any atom is 0.125 e. The van der Waals surface area contributed by atoms with Crippen molar-refractivity contribution in [2.45, 2.75) is 4.90 Å². The molecule has 3 aromatic carbocycles. The number of hydrogen-bond acceptors (Lipinski definition) is 3. The van der Waals surface area contributed by atoms with Crippen molar-refractivity contribution in [2.75, 3.05) is 0 Å². The first-order valence-electron chi connectivity index (χ1n) is 5.44. The van der Waals surface area contributed by atoms with Gasteiger partial charge in [-0.15, -0.1) is 0 Å². The fraction of sp³-hybridized carbons (Fsp3) is 0. The van der Waals surface area contributed by atoms with E-state index in [2.05, 4.69) is 0 Å². The summed E-state index contributed by atoms with van der Waals surface area (Å²) in [6.45, 7) is 0. The van der Waals surface area contributed by atoms with Gasteiger partial charge in [-0.25, -0.2) is 8.42 Å². The zero-order valence-electron chi connectivity index (χ0n) is 9.33. The van der Waals surface area contributed by atoms with E-state index in [0.717, 1.165) is 10.8 Å². The molecule has 0 radical (unpaired) electrons. The molecule has 0 unspecified atom stereocenters. The summed E-state index contributed by atoms with van der Waals surface area (Å²) in [6.07, 6.45) is 0. The molecule has 0 aliphatic rings. The normalized spacial score (nSPS) is 12.1. The van der Waals surface area contributed by atoms with Gasteiger partial charge in [0.05, 0.1) is 4.90 Å². The first-order valence-corrected chi connectivity index (χ1v) is 6.84. The smallest absolute Gasteiger partial charge is 0.125 e. The van der Waals surface area contributed by atoms with Gasteiger partial charge in [0.1, 0.15) is 10.1 Å². The van der Waals surface area contributed by atoms with Crippen LogP contribution in [0.3, 0.4) is 0 Å². The van der Waals surface area contributed by atoms with E-state index >= 15 is 0 Å². The Morgan fingerprint density at radius 3 is 1.67 bits per heavy atom. The third-order valence-corrected chi connectivity index (χ3v) is 3.91. The van der Waals surface area contributed by atoms with Crippen molar-refractivity contribution in [3.8, 4) is 0 Å². The lowest BCUT2D eigenvalue weighted by molar-refractivity contribution is 0.465. The van der Waals surface area contributed by atoms with E-state index in [1.165, 1.54) is 0 Å². The number of rotatable bonds is 1. The minimum atomic E-state index is -4.51. The molecule has 4 heteroatoms. The Morgan fingerprint density at radius 2 is 1.22 bits per heavy atom. The van der Waals surface area contributed by atoms with Crippen LogP contribution in [0.2, 0.25) is 0 Å². The highest BCUT2D eigenvalue weighted by atomic mass is 32.2. The molecule has 0 saturated carbocycles. The lowest BCUT2D eigenvalue weighted by Crippen LogP contribution is -2.01. The topological polar surface area (TPSA) is 57.2 Å². The Hall–Kier alpha value is -1.91. The van der Waals surface area contributed by atoms with E-state index < -0.39 is 10.1 Å². The van der Waals surface area contributed by atoms with Gasteiger partial charge in [0.15, 0.2) is 0 Å². The van der Waals surface area contributed by atoms with E-state index in [4.69, 9.17) is 0 Å². The van der Waals surface area contributed by atoms with Gasteiger partial charge < -0.3 is 4.55 Å². The summed E-state index contributed by atoms with van der Waals surface area (Å²) < 4.78 is 34.5. The molecule has 0 bridgehead atoms. The zero-order chi connectivity index (χ0) is 12.8. The molecule has 0 N–H and O–H groups in total. The largest absolute Gasteiger partial charge is 0.744 e. The van der Waals surface area contributed by atoms with Crippen LogP contribution in [0.25, 0.3) is 21.5 Å². The van der Waals surface area contributed by atoms with Crippen molar-refractivity contribution in [1.82, 2.24) is 0 Å². The van der Waals surface area contributed by atoms with Crippen molar-refractivity contribution >= 4 is 31.7 Å². The Morgan fingerprint density at radius 1 is 0.778 bits per heavy atom. The summed E-state index contributed by atoms with van der Waals surface area (Å²) >= 11 is 0. The molecule has 3 aromatic rings. The highest BCUT2D eigenvalue weighted by molar-refractivity contribution is 7.86. The van der Waals surface area contributed by atoms with Crippen LogP contribution in [0.4, 0.5) is 0 Å². The molecular weight excluding hydrogens is 248 g/mol. The van der Waals surface area contributed by atoms with Gasteiger partial charge in [-0.2, -0.15) is 0 Å². The number of benzene rings is 3. The summed E-state index contributed by atoms with van der Waals surface area (Å²) in [5, 5.41) is 2.47. The molecule has 0 aliphatic carbocycles. The van der Waals surface area contributed by atoms with E-state index in [0.29, 0.717) is 10.8 Å². The molecule has 0 fully saturated rings. The first kappa shape index (κ1) is 11.2. The molecule has 0 aliphatic heterocycles. The summed E-state index contributed by atoms with van der Waals surface area (Å²) in [5.41, 5.74) is 0. The van der Waals surface area contributed by atoms with Gasteiger partial charge in [-0.05, 0) is 27.6 Å². The summed E-state index contributed by atoms with van der Waals surface area (Å²) in [4.78, 5) is -0.129. The Bertz CT molecular complexity index is 797. The Balaban J connectivity index is 2.67. The lowest BCUT2D eigenvalue weighted by Gasteiger charge is -2.14. The predicted octanol–water partition coefficient (Wildman–Crippen LogP) is 2.90. The third kappa shape index (κ3) is 1.66. The molecule has 0 aromatic heterocycles. The van der Waals surface area contributed by atoms with Gasteiger partial charge in [-0.3, -0.25) is 0 Å². The van der Waals surface area contributed by atoms with Crippen LogP contribution >= 0.6 is 0 Å². The van der Waals surface area contributed by atoms with Crippen LogP contribution < -0.4 is 0 Å². The second-order valence-corrected chi connectivity index (χ2v) is 5.42. The van der Waals surface area contributed by atoms with E-state index in [1.54, 1.807) is 36.4 Å². The molecule has 0 heterocycles. The van der Waals surface area contributed by atoms with Crippen molar-refractivity contribution in [3.05, 3.63) is 54.6 Å². The fourth-order valence-electron chi connectivity index (χ4n) is 2.24. The molecule has 0 amide bonds. The predicted molar refractivity (Wildman–Crippen MR) is 69.4 cm³/mol. The van der Waals surface area contributed by atoms with Crippen molar-refractivity contribution in [1.29, 1.82) is 0 Å². The Kier molecular flexibility index (Phi) is 2.36. The van der Waals surface area contributed by atoms with Gasteiger partial charge in [-0.1, -0.05) is 48.5 Å². The molecular formula is C14H9O3S-. The molecule has 3 nitrogen and oxygen atoms in total. The fourth-order valence-corrected chi connectivity index (χ4v) is 3.15. The van der Waals surface area contributed by atoms with Gasteiger partial charge in [0.25, 0.3) is 0 Å². The summed E-state index contributed by atoms with van der Waals surface area (Å²) in [5.74, 6) is 0. The zero-order valence-corrected chi connectivity index (χ0v) is 10.1. The Labute approximate surface area is 104 Å². The van der Waals surface area contributed by atoms with E-state index in [1.807, 2.05) is 18.2 Å².